The van der Waals surface area contributed by atoms with Crippen LogP contribution in [0.2, 0.25) is 0 Å². The van der Waals surface area contributed by atoms with Gasteiger partial charge in [-0.05, 0) is 19.2 Å². The van der Waals surface area contributed by atoms with E-state index in [0.29, 0.717) is 5.69 Å². The Hall–Kier alpha value is -1.72. The van der Waals surface area contributed by atoms with Crippen LogP contribution in [0.25, 0.3) is 5.65 Å². The number of pyridine rings is 1. The van der Waals surface area contributed by atoms with Gasteiger partial charge in [0.15, 0.2) is 6.29 Å². The average Bonchev–Trinajstić information content (AvgIpc) is 2.89. The summed E-state index contributed by atoms with van der Waals surface area (Å²) in [4.78, 5) is 20.4. The Bertz CT molecular complexity index is 599. The lowest BCUT2D eigenvalue weighted by atomic mass is 10.2. The number of imidazole rings is 1. The predicted octanol–water partition coefficient (Wildman–Crippen LogP) is 0.937. The Kier molecular flexibility index (Phi) is 3.80. The van der Waals surface area contributed by atoms with E-state index in [4.69, 9.17) is 0 Å². The van der Waals surface area contributed by atoms with Gasteiger partial charge in [-0.2, -0.15) is 0 Å². The fourth-order valence-electron chi connectivity index (χ4n) is 2.64. The third kappa shape index (κ3) is 2.73. The van der Waals surface area contributed by atoms with Crippen LogP contribution < -0.4 is 0 Å². The fraction of sp³-hybridized carbons (Fsp3) is 0.467. The monoisotopic (exact) mass is 272 g/mol. The van der Waals surface area contributed by atoms with E-state index < -0.39 is 0 Å². The van der Waals surface area contributed by atoms with Crippen LogP contribution in [-0.2, 0) is 6.42 Å². The normalized spacial score (nSPS) is 17.6. The lowest BCUT2D eigenvalue weighted by Gasteiger charge is -2.32. The predicted molar refractivity (Wildman–Crippen MR) is 78.2 cm³/mol. The van der Waals surface area contributed by atoms with Gasteiger partial charge in [0.05, 0.1) is 11.4 Å². The number of hydrogen-bond acceptors (Lipinski definition) is 4. The summed E-state index contributed by atoms with van der Waals surface area (Å²) in [6.45, 7) is 5.57. The van der Waals surface area contributed by atoms with E-state index in [1.54, 1.807) is 0 Å². The maximum Gasteiger partial charge on any atom is 0.166 e. The van der Waals surface area contributed by atoms with Gasteiger partial charge in [-0.3, -0.25) is 9.20 Å². The van der Waals surface area contributed by atoms with Gasteiger partial charge < -0.3 is 9.80 Å². The second-order valence-electron chi connectivity index (χ2n) is 5.42. The van der Waals surface area contributed by atoms with Crippen molar-refractivity contribution in [2.24, 2.45) is 0 Å². The van der Waals surface area contributed by atoms with Gasteiger partial charge in [0.1, 0.15) is 5.65 Å². The second kappa shape index (κ2) is 5.73. The van der Waals surface area contributed by atoms with Gasteiger partial charge in [0.25, 0.3) is 0 Å². The minimum Gasteiger partial charge on any atom is -0.304 e. The first kappa shape index (κ1) is 13.3. The van der Waals surface area contributed by atoms with Crippen molar-refractivity contribution in [1.82, 2.24) is 19.2 Å². The first-order chi connectivity index (χ1) is 9.76. The molecule has 0 aliphatic carbocycles. The molecular formula is C15H20N4O. The number of carbonyl (C=O) groups is 1. The molecule has 2 aromatic heterocycles. The van der Waals surface area contributed by atoms with Crippen molar-refractivity contribution in [3.63, 3.8) is 0 Å². The minimum atomic E-state index is 0.654. The summed E-state index contributed by atoms with van der Waals surface area (Å²) in [5, 5.41) is 0. The van der Waals surface area contributed by atoms with Gasteiger partial charge in [-0.1, -0.05) is 6.07 Å². The molecule has 1 fully saturated rings. The van der Waals surface area contributed by atoms with Crippen LogP contribution in [-0.4, -0.2) is 65.2 Å². The molecule has 0 spiro atoms. The highest BCUT2D eigenvalue weighted by atomic mass is 16.1. The van der Waals surface area contributed by atoms with Crippen LogP contribution in [0.1, 0.15) is 16.2 Å². The standard InChI is InChI=1S/C15H20N4O/c1-17-7-9-18(10-8-17)6-5-13-11-19-14(12-20)3-2-4-15(19)16-13/h2-4,11-12H,5-10H2,1H3. The molecule has 0 saturated carbocycles. The maximum atomic E-state index is 11.0. The Balaban J connectivity index is 1.67. The molecule has 3 rings (SSSR count). The highest BCUT2D eigenvalue weighted by Crippen LogP contribution is 2.09. The van der Waals surface area contributed by atoms with E-state index in [-0.39, 0.29) is 0 Å². The molecule has 1 aliphatic rings. The van der Waals surface area contributed by atoms with Crippen LogP contribution in [0.4, 0.5) is 0 Å². The van der Waals surface area contributed by atoms with Crippen molar-refractivity contribution >= 4 is 11.9 Å². The quantitative estimate of drug-likeness (QED) is 0.777. The van der Waals surface area contributed by atoms with Gasteiger partial charge in [0, 0.05) is 45.3 Å². The molecule has 0 atom stereocenters. The van der Waals surface area contributed by atoms with E-state index >= 15 is 0 Å². The number of rotatable bonds is 4. The molecule has 3 heterocycles. The molecule has 5 nitrogen and oxygen atoms in total. The number of hydrogen-bond donors (Lipinski definition) is 0. The SMILES string of the molecule is CN1CCN(CCc2cn3c(C=O)cccc3n2)CC1. The average molecular weight is 272 g/mol. The third-order valence-corrected chi connectivity index (χ3v) is 3.97. The Labute approximate surface area is 118 Å². The topological polar surface area (TPSA) is 40.9 Å². The van der Waals surface area contributed by atoms with Crippen molar-refractivity contribution in [3.05, 3.63) is 35.8 Å². The first-order valence-electron chi connectivity index (χ1n) is 7.09. The molecule has 0 bridgehead atoms. The second-order valence-corrected chi connectivity index (χ2v) is 5.42. The zero-order chi connectivity index (χ0) is 13.9. The van der Waals surface area contributed by atoms with Crippen molar-refractivity contribution in [3.8, 4) is 0 Å². The molecule has 20 heavy (non-hydrogen) atoms. The van der Waals surface area contributed by atoms with Crippen LogP contribution in [0.3, 0.4) is 0 Å². The molecule has 1 aliphatic heterocycles. The lowest BCUT2D eigenvalue weighted by molar-refractivity contribution is 0.111. The summed E-state index contributed by atoms with van der Waals surface area (Å²) in [5.74, 6) is 0. The highest BCUT2D eigenvalue weighted by Gasteiger charge is 2.14. The molecule has 0 radical (unpaired) electrons. The third-order valence-electron chi connectivity index (χ3n) is 3.97. The van der Waals surface area contributed by atoms with Crippen molar-refractivity contribution in [2.45, 2.75) is 6.42 Å². The van der Waals surface area contributed by atoms with Gasteiger partial charge in [-0.25, -0.2) is 4.98 Å². The Morgan fingerprint density at radius 2 is 2.05 bits per heavy atom. The maximum absolute atomic E-state index is 11.0. The van der Waals surface area contributed by atoms with E-state index in [2.05, 4.69) is 21.8 Å². The summed E-state index contributed by atoms with van der Waals surface area (Å²) < 4.78 is 1.87. The van der Waals surface area contributed by atoms with Crippen molar-refractivity contribution in [1.29, 1.82) is 0 Å². The summed E-state index contributed by atoms with van der Waals surface area (Å²) in [5.41, 5.74) is 2.56. The fourth-order valence-corrected chi connectivity index (χ4v) is 2.64. The van der Waals surface area contributed by atoms with Gasteiger partial charge in [0.2, 0.25) is 0 Å². The lowest BCUT2D eigenvalue weighted by Crippen LogP contribution is -2.45. The number of aromatic nitrogens is 2. The summed E-state index contributed by atoms with van der Waals surface area (Å²) >= 11 is 0. The Morgan fingerprint density at radius 1 is 1.25 bits per heavy atom. The van der Waals surface area contributed by atoms with E-state index in [1.165, 1.54) is 0 Å². The molecule has 106 valence electrons. The molecule has 0 aromatic carbocycles. The zero-order valence-electron chi connectivity index (χ0n) is 11.8. The van der Waals surface area contributed by atoms with Crippen LogP contribution in [0.5, 0.6) is 0 Å². The van der Waals surface area contributed by atoms with E-state index in [0.717, 1.165) is 56.8 Å². The molecule has 0 N–H and O–H groups in total. The number of aldehydes is 1. The van der Waals surface area contributed by atoms with Crippen molar-refractivity contribution in [2.75, 3.05) is 39.8 Å². The molecule has 1 saturated heterocycles. The Morgan fingerprint density at radius 3 is 2.80 bits per heavy atom. The van der Waals surface area contributed by atoms with Crippen LogP contribution in [0.15, 0.2) is 24.4 Å². The van der Waals surface area contributed by atoms with Gasteiger partial charge in [-0.15, -0.1) is 0 Å². The molecule has 0 unspecified atom stereocenters. The number of nitrogens with zero attached hydrogens (tertiary/aromatic N) is 4. The minimum absolute atomic E-state index is 0.654. The molecule has 0 amide bonds. The number of carbonyl (C=O) groups excluding carboxylic acids is 1. The van der Waals surface area contributed by atoms with E-state index in [9.17, 15) is 4.79 Å². The largest absolute Gasteiger partial charge is 0.304 e. The smallest absolute Gasteiger partial charge is 0.166 e. The van der Waals surface area contributed by atoms with Gasteiger partial charge >= 0.3 is 0 Å². The molecule has 2 aromatic rings. The van der Waals surface area contributed by atoms with Crippen LogP contribution in [0, 0.1) is 0 Å². The van der Waals surface area contributed by atoms with E-state index in [1.807, 2.05) is 28.8 Å². The molecular weight excluding hydrogens is 252 g/mol. The van der Waals surface area contributed by atoms with Crippen molar-refractivity contribution < 1.29 is 4.79 Å². The summed E-state index contributed by atoms with van der Waals surface area (Å²) in [6.07, 6.45) is 3.79. The summed E-state index contributed by atoms with van der Waals surface area (Å²) in [7, 11) is 2.17. The highest BCUT2D eigenvalue weighted by molar-refractivity contribution is 5.73. The summed E-state index contributed by atoms with van der Waals surface area (Å²) in [6, 6.07) is 5.62. The number of fused-ring (bicyclic) bond motifs is 1. The number of likely N-dealkylation sites (N-methyl/N-ethyl adjacent to an activating group) is 1. The first-order valence-corrected chi connectivity index (χ1v) is 7.09. The molecule has 5 heteroatoms. The zero-order valence-corrected chi connectivity index (χ0v) is 11.8. The van der Waals surface area contributed by atoms with Crippen LogP contribution >= 0.6 is 0 Å². The number of piperazine rings is 1.